The van der Waals surface area contributed by atoms with Gasteiger partial charge in [-0.05, 0) is 55.4 Å². The van der Waals surface area contributed by atoms with Crippen LogP contribution in [0, 0.1) is 0 Å². The number of benzene rings is 4. The lowest BCUT2D eigenvalue weighted by atomic mass is 9.78. The standard InChI is InChI=1S/C29H30N/c1-28(2,3)23-18-21-14-13-19-10-9-11-20-15-16-22(26(21)25(19)20)27(23)24-12-7-8-17-30(24)29(4,5)6/h7-18H,1-6H3/q+1. The first kappa shape index (κ1) is 19.1. The first-order valence-corrected chi connectivity index (χ1v) is 10.9. The van der Waals surface area contributed by atoms with Crippen LogP contribution in [0.3, 0.4) is 0 Å². The Bertz CT molecular complexity index is 1380. The van der Waals surface area contributed by atoms with E-state index in [4.69, 9.17) is 0 Å². The molecule has 1 heterocycles. The minimum Gasteiger partial charge on any atom is -0.194 e. The van der Waals surface area contributed by atoms with E-state index in [1.807, 2.05) is 0 Å². The maximum atomic E-state index is 2.43. The zero-order valence-electron chi connectivity index (χ0n) is 18.9. The Morgan fingerprint density at radius 2 is 1.30 bits per heavy atom. The van der Waals surface area contributed by atoms with Crippen molar-refractivity contribution in [3.8, 4) is 11.3 Å². The van der Waals surface area contributed by atoms with Crippen LogP contribution in [0.1, 0.15) is 47.1 Å². The van der Waals surface area contributed by atoms with Crippen molar-refractivity contribution in [1.29, 1.82) is 0 Å². The highest BCUT2D eigenvalue weighted by Crippen LogP contribution is 2.44. The van der Waals surface area contributed by atoms with Crippen molar-refractivity contribution in [2.75, 3.05) is 0 Å². The van der Waals surface area contributed by atoms with Gasteiger partial charge in [-0.15, -0.1) is 0 Å². The number of aromatic nitrogens is 1. The van der Waals surface area contributed by atoms with Crippen molar-refractivity contribution in [2.45, 2.75) is 52.5 Å². The minimum atomic E-state index is -0.00424. The first-order chi connectivity index (χ1) is 14.2. The second kappa shape index (κ2) is 6.28. The van der Waals surface area contributed by atoms with Gasteiger partial charge in [-0.25, -0.2) is 0 Å². The summed E-state index contributed by atoms with van der Waals surface area (Å²) in [5, 5.41) is 8.09. The van der Waals surface area contributed by atoms with Crippen molar-refractivity contribution in [3.63, 3.8) is 0 Å². The summed E-state index contributed by atoms with van der Waals surface area (Å²) in [6.07, 6.45) is 2.22. The van der Waals surface area contributed by atoms with E-state index >= 15 is 0 Å². The lowest BCUT2D eigenvalue weighted by Gasteiger charge is -2.26. The predicted octanol–water partition coefficient (Wildman–Crippen LogP) is 7.59. The molecule has 0 N–H and O–H groups in total. The van der Waals surface area contributed by atoms with Crippen LogP contribution in [0.25, 0.3) is 43.6 Å². The monoisotopic (exact) mass is 392 g/mol. The molecule has 0 saturated carbocycles. The van der Waals surface area contributed by atoms with Gasteiger partial charge in [0.05, 0.1) is 5.56 Å². The summed E-state index contributed by atoms with van der Waals surface area (Å²) in [5.74, 6) is 0. The van der Waals surface area contributed by atoms with Gasteiger partial charge in [0, 0.05) is 32.9 Å². The van der Waals surface area contributed by atoms with Crippen molar-refractivity contribution in [2.24, 2.45) is 0 Å². The van der Waals surface area contributed by atoms with Crippen LogP contribution in [-0.4, -0.2) is 0 Å². The lowest BCUT2D eigenvalue weighted by Crippen LogP contribution is -2.51. The molecule has 0 unspecified atom stereocenters. The lowest BCUT2D eigenvalue weighted by molar-refractivity contribution is -0.744. The van der Waals surface area contributed by atoms with Crippen LogP contribution in [0.5, 0.6) is 0 Å². The molecule has 30 heavy (non-hydrogen) atoms. The average Bonchev–Trinajstić information content (AvgIpc) is 2.70. The van der Waals surface area contributed by atoms with Gasteiger partial charge < -0.3 is 0 Å². The molecule has 4 aromatic carbocycles. The Balaban J connectivity index is 2.04. The van der Waals surface area contributed by atoms with E-state index in [1.54, 1.807) is 0 Å². The molecule has 0 aliphatic carbocycles. The van der Waals surface area contributed by atoms with E-state index in [0.29, 0.717) is 0 Å². The third-order valence-electron chi connectivity index (χ3n) is 6.29. The number of rotatable bonds is 1. The second-order valence-corrected chi connectivity index (χ2v) is 10.5. The van der Waals surface area contributed by atoms with Gasteiger partial charge in [0.25, 0.3) is 0 Å². The van der Waals surface area contributed by atoms with Crippen LogP contribution in [-0.2, 0) is 11.0 Å². The smallest absolute Gasteiger partial charge is 0.194 e. The highest BCUT2D eigenvalue weighted by atomic mass is 15.0. The van der Waals surface area contributed by atoms with Crippen LogP contribution in [0.4, 0.5) is 0 Å². The van der Waals surface area contributed by atoms with Gasteiger partial charge in [0.15, 0.2) is 11.7 Å². The summed E-state index contributed by atoms with van der Waals surface area (Å²) in [5.41, 5.74) is 4.08. The van der Waals surface area contributed by atoms with Gasteiger partial charge >= 0.3 is 0 Å². The average molecular weight is 393 g/mol. The Morgan fingerprint density at radius 3 is 1.97 bits per heavy atom. The molecule has 0 bridgehead atoms. The summed E-state index contributed by atoms with van der Waals surface area (Å²) in [6, 6.07) is 24.9. The highest BCUT2D eigenvalue weighted by molar-refractivity contribution is 6.25. The van der Waals surface area contributed by atoms with Crippen molar-refractivity contribution >= 4 is 32.3 Å². The largest absolute Gasteiger partial charge is 0.213 e. The molecule has 1 aromatic heterocycles. The van der Waals surface area contributed by atoms with E-state index in [9.17, 15) is 0 Å². The molecule has 5 aromatic rings. The van der Waals surface area contributed by atoms with Gasteiger partial charge in [0.2, 0.25) is 5.69 Å². The summed E-state index contributed by atoms with van der Waals surface area (Å²) >= 11 is 0. The van der Waals surface area contributed by atoms with Gasteiger partial charge in [-0.1, -0.05) is 63.2 Å². The Hall–Kier alpha value is -2.93. The fourth-order valence-electron chi connectivity index (χ4n) is 4.91. The molecule has 0 aliphatic rings. The molecular formula is C29H30N+. The fraction of sp³-hybridized carbons (Fsp3) is 0.276. The number of hydrogen-bond acceptors (Lipinski definition) is 0. The van der Waals surface area contributed by atoms with E-state index < -0.39 is 0 Å². The second-order valence-electron chi connectivity index (χ2n) is 10.5. The number of pyridine rings is 1. The molecule has 1 heteroatoms. The highest BCUT2D eigenvalue weighted by Gasteiger charge is 2.31. The predicted molar refractivity (Wildman–Crippen MR) is 129 cm³/mol. The quantitative estimate of drug-likeness (QED) is 0.204. The Kier molecular flexibility index (Phi) is 3.99. The topological polar surface area (TPSA) is 3.88 Å². The number of nitrogens with zero attached hydrogens (tertiary/aromatic N) is 1. The zero-order valence-corrected chi connectivity index (χ0v) is 18.9. The molecule has 0 radical (unpaired) electrons. The van der Waals surface area contributed by atoms with Gasteiger partial charge in [-0.2, -0.15) is 4.57 Å². The molecule has 0 atom stereocenters. The third kappa shape index (κ3) is 2.80. The SMILES string of the molecule is CC(C)(C)c1cc2ccc3cccc4ccc(c1-c1cccc[n+]1C(C)(C)C)c2c34. The maximum Gasteiger partial charge on any atom is 0.213 e. The Labute approximate surface area is 179 Å². The molecular weight excluding hydrogens is 362 g/mol. The van der Waals surface area contributed by atoms with Gasteiger partial charge in [-0.3, -0.25) is 0 Å². The summed E-state index contributed by atoms with van der Waals surface area (Å²) in [6.45, 7) is 13.8. The summed E-state index contributed by atoms with van der Waals surface area (Å²) in [7, 11) is 0. The van der Waals surface area contributed by atoms with E-state index in [0.717, 1.165) is 0 Å². The molecule has 0 fully saturated rings. The minimum absolute atomic E-state index is 0.00424. The molecule has 150 valence electrons. The Morgan fingerprint density at radius 1 is 0.633 bits per heavy atom. The molecule has 0 saturated heterocycles. The molecule has 0 aliphatic heterocycles. The van der Waals surface area contributed by atoms with E-state index in [-0.39, 0.29) is 11.0 Å². The van der Waals surface area contributed by atoms with E-state index in [2.05, 4.69) is 119 Å². The molecule has 0 amide bonds. The zero-order chi connectivity index (χ0) is 21.3. The van der Waals surface area contributed by atoms with Crippen LogP contribution >= 0.6 is 0 Å². The molecule has 0 spiro atoms. The van der Waals surface area contributed by atoms with Crippen LogP contribution < -0.4 is 4.57 Å². The van der Waals surface area contributed by atoms with Crippen molar-refractivity contribution < 1.29 is 4.57 Å². The fourth-order valence-corrected chi connectivity index (χ4v) is 4.91. The first-order valence-electron chi connectivity index (χ1n) is 10.9. The van der Waals surface area contributed by atoms with Crippen LogP contribution in [0.15, 0.2) is 72.9 Å². The molecule has 1 nitrogen and oxygen atoms in total. The summed E-state index contributed by atoms with van der Waals surface area (Å²) < 4.78 is 2.42. The van der Waals surface area contributed by atoms with Gasteiger partial charge in [0.1, 0.15) is 0 Å². The maximum absolute atomic E-state index is 2.43. The van der Waals surface area contributed by atoms with Crippen molar-refractivity contribution in [1.82, 2.24) is 0 Å². The normalized spacial score (nSPS) is 13.0. The summed E-state index contributed by atoms with van der Waals surface area (Å²) in [4.78, 5) is 0. The number of hydrogen-bond donors (Lipinski definition) is 0. The van der Waals surface area contributed by atoms with E-state index in [1.165, 1.54) is 49.1 Å². The van der Waals surface area contributed by atoms with Crippen molar-refractivity contribution in [3.05, 3.63) is 78.5 Å². The third-order valence-corrected chi connectivity index (χ3v) is 6.29. The molecule has 5 rings (SSSR count). The van der Waals surface area contributed by atoms with Crippen LogP contribution in [0.2, 0.25) is 0 Å².